The summed E-state index contributed by atoms with van der Waals surface area (Å²) >= 11 is 0. The Hall–Kier alpha value is -3.26. The van der Waals surface area contributed by atoms with Crippen molar-refractivity contribution in [1.29, 1.82) is 5.26 Å². The number of amides is 2. The van der Waals surface area contributed by atoms with Crippen molar-refractivity contribution < 1.29 is 14.7 Å². The monoisotopic (exact) mass is 708 g/mol. The third kappa shape index (κ3) is 13.0. The molecular weight excluding hydrogens is 638 g/mol. The first-order valence-electron chi connectivity index (χ1n) is 19.2. The maximum Gasteiger partial charge on any atom is 0.276 e. The minimum atomic E-state index is -1.38. The van der Waals surface area contributed by atoms with Gasteiger partial charge in [-0.05, 0) is 84.3 Å². The van der Waals surface area contributed by atoms with Crippen LogP contribution in [0.1, 0.15) is 132 Å². The second-order valence-electron chi connectivity index (χ2n) is 16.9. The molecule has 4 N–H and O–H groups in total. The van der Waals surface area contributed by atoms with Crippen molar-refractivity contribution in [1.82, 2.24) is 20.4 Å². The van der Waals surface area contributed by atoms with Gasteiger partial charge in [-0.15, -0.1) is 0 Å². The highest BCUT2D eigenvalue weighted by Gasteiger charge is 2.40. The number of carbonyl (C=O) groups is 2. The Balaban J connectivity index is 2.59. The van der Waals surface area contributed by atoms with Crippen molar-refractivity contribution in [3.63, 3.8) is 0 Å². The molecule has 2 rings (SSSR count). The molecule has 0 aliphatic carbocycles. The molecule has 0 fully saturated rings. The molecule has 2 amide bonds. The van der Waals surface area contributed by atoms with Gasteiger partial charge in [-0.1, -0.05) is 79.9 Å². The predicted octanol–water partition coefficient (Wildman–Crippen LogP) is 7.33. The summed E-state index contributed by atoms with van der Waals surface area (Å²) in [4.78, 5) is 32.0. The number of aliphatic hydroxyl groups is 1. The number of hydrogen-bond donors (Lipinski definition) is 4. The van der Waals surface area contributed by atoms with Crippen LogP contribution in [-0.4, -0.2) is 81.5 Å². The van der Waals surface area contributed by atoms with E-state index in [2.05, 4.69) is 110 Å². The fourth-order valence-corrected chi connectivity index (χ4v) is 6.53. The normalized spacial score (nSPS) is 18.3. The predicted molar refractivity (Wildman–Crippen MR) is 210 cm³/mol. The largest absolute Gasteiger partial charge is 0.368 e. The van der Waals surface area contributed by atoms with Crippen LogP contribution in [0.15, 0.2) is 40.5 Å². The van der Waals surface area contributed by atoms with E-state index in [0.717, 1.165) is 25.7 Å². The fourth-order valence-electron chi connectivity index (χ4n) is 6.53. The van der Waals surface area contributed by atoms with Crippen LogP contribution in [0.5, 0.6) is 0 Å². The molecule has 0 saturated heterocycles. The van der Waals surface area contributed by atoms with Crippen LogP contribution in [0.2, 0.25) is 0 Å². The first kappa shape index (κ1) is 43.9. The maximum atomic E-state index is 14.6. The van der Waals surface area contributed by atoms with Gasteiger partial charge in [-0.3, -0.25) is 15.0 Å². The van der Waals surface area contributed by atoms with E-state index < -0.39 is 12.1 Å². The molecule has 286 valence electrons. The van der Waals surface area contributed by atoms with Crippen molar-refractivity contribution in [2.24, 2.45) is 22.9 Å². The van der Waals surface area contributed by atoms with Gasteiger partial charge >= 0.3 is 0 Å². The molecule has 0 saturated carbocycles. The van der Waals surface area contributed by atoms with Gasteiger partial charge in [0.15, 0.2) is 11.9 Å². The minimum Gasteiger partial charge on any atom is -0.368 e. The SMILES string of the molecule is CCCCC(CC)CN(CC(NC(C)(C)C)C(C)C)C(=O)c1ccccc1NN=C1C(=O)N(CC(NC(C)(C)C)C(C)C)C(O)C(C#N)=C1CC. The van der Waals surface area contributed by atoms with Crippen LogP contribution in [0.3, 0.4) is 0 Å². The Kier molecular flexibility index (Phi) is 16.8. The average Bonchev–Trinajstić information content (AvgIpc) is 3.04. The van der Waals surface area contributed by atoms with E-state index in [1.54, 1.807) is 12.1 Å². The van der Waals surface area contributed by atoms with Gasteiger partial charge in [0.25, 0.3) is 11.8 Å². The lowest BCUT2D eigenvalue weighted by Crippen LogP contribution is -2.58. The lowest BCUT2D eigenvalue weighted by Gasteiger charge is -2.39. The minimum absolute atomic E-state index is 0.0663. The Labute approximate surface area is 309 Å². The number of aliphatic hydroxyl groups excluding tert-OH is 1. The number of nitriles is 1. The number of carbonyl (C=O) groups excluding carboxylic acids is 2. The van der Waals surface area contributed by atoms with E-state index in [4.69, 9.17) is 0 Å². The average molecular weight is 708 g/mol. The zero-order valence-electron chi connectivity index (χ0n) is 34.0. The van der Waals surface area contributed by atoms with E-state index in [0.29, 0.717) is 48.2 Å². The Morgan fingerprint density at radius 2 is 1.57 bits per heavy atom. The molecule has 0 bridgehead atoms. The number of benzene rings is 1. The molecule has 1 aromatic rings. The van der Waals surface area contributed by atoms with Gasteiger partial charge in [0.2, 0.25) is 0 Å². The topological polar surface area (TPSA) is 133 Å². The quantitative estimate of drug-likeness (QED) is 0.118. The second-order valence-corrected chi connectivity index (χ2v) is 16.9. The number of rotatable bonds is 18. The van der Waals surface area contributed by atoms with E-state index >= 15 is 0 Å². The zero-order valence-corrected chi connectivity index (χ0v) is 34.0. The molecule has 10 nitrogen and oxygen atoms in total. The van der Waals surface area contributed by atoms with E-state index in [1.165, 1.54) is 4.90 Å². The van der Waals surface area contributed by atoms with Crippen molar-refractivity contribution >= 4 is 23.2 Å². The van der Waals surface area contributed by atoms with Crippen LogP contribution in [-0.2, 0) is 4.79 Å². The number of hydrogen-bond acceptors (Lipinski definition) is 8. The van der Waals surface area contributed by atoms with Gasteiger partial charge in [0.1, 0.15) is 0 Å². The van der Waals surface area contributed by atoms with Crippen LogP contribution >= 0.6 is 0 Å². The third-order valence-corrected chi connectivity index (χ3v) is 9.51. The molecule has 1 heterocycles. The molecule has 0 radical (unpaired) electrons. The summed E-state index contributed by atoms with van der Waals surface area (Å²) in [5, 5.41) is 33.4. The standard InChI is InChI=1S/C41H69N7O3/c1-14-17-20-29(15-2)24-47(25-34(27(4)5)43-40(8,9)10)37(49)31-21-18-19-22-33(31)45-46-36-30(16-3)32(23-42)38(50)48(39(36)51)26-35(28(6)7)44-41(11,12)13/h18-19,21-22,27-29,34-35,38,43-45,50H,14-17,20,24-26H2,1-13H3. The summed E-state index contributed by atoms with van der Waals surface area (Å²) in [5.74, 6) is 0.256. The zero-order chi connectivity index (χ0) is 38.7. The number of hydrazone groups is 1. The smallest absolute Gasteiger partial charge is 0.276 e. The van der Waals surface area contributed by atoms with Gasteiger partial charge in [-0.2, -0.15) is 10.4 Å². The number of anilines is 1. The van der Waals surface area contributed by atoms with Crippen LogP contribution in [0, 0.1) is 29.1 Å². The molecule has 1 aromatic carbocycles. The Morgan fingerprint density at radius 3 is 2.08 bits per heavy atom. The van der Waals surface area contributed by atoms with Crippen molar-refractivity contribution in [2.75, 3.05) is 25.1 Å². The fraction of sp³-hybridized carbons (Fsp3) is 0.707. The third-order valence-electron chi connectivity index (χ3n) is 9.51. The number of para-hydroxylation sites is 1. The molecule has 10 heteroatoms. The summed E-state index contributed by atoms with van der Waals surface area (Å²) in [7, 11) is 0. The summed E-state index contributed by atoms with van der Waals surface area (Å²) in [6.07, 6.45) is 3.22. The summed E-state index contributed by atoms with van der Waals surface area (Å²) < 4.78 is 0. The van der Waals surface area contributed by atoms with Crippen LogP contribution < -0.4 is 16.1 Å². The first-order valence-corrected chi connectivity index (χ1v) is 19.2. The van der Waals surface area contributed by atoms with E-state index in [-0.39, 0.29) is 52.8 Å². The lowest BCUT2D eigenvalue weighted by atomic mass is 9.92. The van der Waals surface area contributed by atoms with Crippen LogP contribution in [0.25, 0.3) is 0 Å². The highest BCUT2D eigenvalue weighted by molar-refractivity contribution is 6.46. The summed E-state index contributed by atoms with van der Waals surface area (Å²) in [6, 6.07) is 9.36. The second kappa shape index (κ2) is 19.5. The molecule has 1 aliphatic rings. The van der Waals surface area contributed by atoms with Gasteiger partial charge in [0, 0.05) is 48.4 Å². The molecule has 4 atom stereocenters. The number of nitrogens with one attached hydrogen (secondary N) is 3. The molecule has 4 unspecified atom stereocenters. The van der Waals surface area contributed by atoms with Crippen molar-refractivity contribution in [3.8, 4) is 6.07 Å². The molecular formula is C41H69N7O3. The van der Waals surface area contributed by atoms with Crippen molar-refractivity contribution in [3.05, 3.63) is 41.0 Å². The number of nitrogens with zero attached hydrogens (tertiary/aromatic N) is 4. The summed E-state index contributed by atoms with van der Waals surface area (Å²) in [5.41, 5.74) is 4.21. The highest BCUT2D eigenvalue weighted by Crippen LogP contribution is 2.27. The summed E-state index contributed by atoms with van der Waals surface area (Å²) in [6.45, 7) is 28.7. The lowest BCUT2D eigenvalue weighted by molar-refractivity contribution is -0.133. The van der Waals surface area contributed by atoms with E-state index in [1.807, 2.05) is 24.0 Å². The highest BCUT2D eigenvalue weighted by atomic mass is 16.3. The van der Waals surface area contributed by atoms with Gasteiger partial charge in [-0.25, -0.2) is 0 Å². The molecule has 1 aliphatic heterocycles. The Bertz CT molecular complexity index is 1400. The molecule has 0 aromatic heterocycles. The van der Waals surface area contributed by atoms with Crippen molar-refractivity contribution in [2.45, 2.75) is 152 Å². The number of unbranched alkanes of at least 4 members (excludes halogenated alkanes) is 1. The van der Waals surface area contributed by atoms with Gasteiger partial charge < -0.3 is 25.5 Å². The first-order chi connectivity index (χ1) is 23.8. The maximum absolute atomic E-state index is 14.6. The van der Waals surface area contributed by atoms with E-state index in [9.17, 15) is 20.0 Å². The molecule has 0 spiro atoms. The Morgan fingerprint density at radius 1 is 0.980 bits per heavy atom. The molecule has 51 heavy (non-hydrogen) atoms. The van der Waals surface area contributed by atoms with Crippen LogP contribution in [0.4, 0.5) is 5.69 Å². The van der Waals surface area contributed by atoms with Gasteiger partial charge in [0.05, 0.1) is 22.9 Å².